The summed E-state index contributed by atoms with van der Waals surface area (Å²) in [7, 11) is 0. The number of imidazole rings is 1. The van der Waals surface area contributed by atoms with E-state index in [0.717, 1.165) is 68.5 Å². The zero-order valence-electron chi connectivity index (χ0n) is 20.6. The second-order valence-electron chi connectivity index (χ2n) is 9.93. The Bertz CT molecular complexity index is 1330. The predicted molar refractivity (Wildman–Crippen MR) is 147 cm³/mol. The van der Waals surface area contributed by atoms with Gasteiger partial charge in [-0.15, -0.1) is 0 Å². The molecule has 2 aliphatic rings. The van der Waals surface area contributed by atoms with E-state index >= 15 is 0 Å². The van der Waals surface area contributed by atoms with Crippen molar-refractivity contribution in [3.63, 3.8) is 0 Å². The van der Waals surface area contributed by atoms with Gasteiger partial charge in [0.05, 0.1) is 26.6 Å². The molecule has 190 valence electrons. The molecule has 1 aliphatic heterocycles. The number of fused-ring (bicyclic) bond motifs is 1. The fourth-order valence-corrected chi connectivity index (χ4v) is 6.14. The molecular formula is C28H32Cl2N4O2. The standard InChI is InChI=1S/C28H32Cl2N4O2/c1-2-26(35)33(21-9-10-22(29)23(30)19-21)20-11-16-32(17-12-20)18-15-28(13-5-6-14-28)34-25-8-4-3-7-24(25)31-27(34)36/h3-10,19-20H,2,11-18H2,1H3,(H,31,36). The van der Waals surface area contributed by atoms with Crippen LogP contribution in [-0.2, 0) is 10.3 Å². The number of H-pyrrole nitrogens is 1. The molecule has 1 fully saturated rings. The fraction of sp³-hybridized carbons (Fsp3) is 0.429. The number of carbonyl (C=O) groups excluding carboxylic acids is 1. The Hall–Kier alpha value is -2.54. The van der Waals surface area contributed by atoms with E-state index in [-0.39, 0.29) is 23.2 Å². The van der Waals surface area contributed by atoms with Crippen LogP contribution in [0.4, 0.5) is 5.69 Å². The van der Waals surface area contributed by atoms with Crippen LogP contribution in [0.15, 0.2) is 59.4 Å². The molecule has 1 aromatic heterocycles. The first-order chi connectivity index (χ1) is 17.4. The summed E-state index contributed by atoms with van der Waals surface area (Å²) in [6.07, 6.45) is 9.25. The van der Waals surface area contributed by atoms with Gasteiger partial charge in [0, 0.05) is 37.8 Å². The highest BCUT2D eigenvalue weighted by molar-refractivity contribution is 6.42. The van der Waals surface area contributed by atoms with Gasteiger partial charge in [0.1, 0.15) is 0 Å². The second kappa shape index (κ2) is 10.4. The van der Waals surface area contributed by atoms with Gasteiger partial charge in [0.2, 0.25) is 5.91 Å². The normalized spacial score (nSPS) is 18.2. The molecule has 0 spiro atoms. The maximum absolute atomic E-state index is 13.0. The Morgan fingerprint density at radius 2 is 1.81 bits per heavy atom. The number of likely N-dealkylation sites (tertiary alicyclic amines) is 1. The molecule has 3 aromatic rings. The molecule has 0 saturated carbocycles. The summed E-state index contributed by atoms with van der Waals surface area (Å²) in [5, 5.41) is 0.951. The summed E-state index contributed by atoms with van der Waals surface area (Å²) in [6, 6.07) is 13.5. The van der Waals surface area contributed by atoms with Crippen LogP contribution in [0.1, 0.15) is 45.4 Å². The number of piperidine rings is 1. The summed E-state index contributed by atoms with van der Waals surface area (Å²) < 4.78 is 1.99. The third-order valence-electron chi connectivity index (χ3n) is 7.79. The molecule has 5 rings (SSSR count). The van der Waals surface area contributed by atoms with Crippen molar-refractivity contribution in [1.29, 1.82) is 0 Å². The molecule has 1 N–H and O–H groups in total. The number of halogens is 2. The maximum atomic E-state index is 13.0. The molecule has 1 aliphatic carbocycles. The Balaban J connectivity index is 1.28. The smallest absolute Gasteiger partial charge is 0.309 e. The zero-order chi connectivity index (χ0) is 25.3. The van der Waals surface area contributed by atoms with Crippen molar-refractivity contribution >= 4 is 45.8 Å². The number of anilines is 1. The van der Waals surface area contributed by atoms with Gasteiger partial charge in [-0.1, -0.05) is 54.4 Å². The van der Waals surface area contributed by atoms with Gasteiger partial charge in [-0.2, -0.15) is 0 Å². The van der Waals surface area contributed by atoms with E-state index in [0.29, 0.717) is 16.5 Å². The topological polar surface area (TPSA) is 61.3 Å². The lowest BCUT2D eigenvalue weighted by molar-refractivity contribution is -0.119. The first kappa shape index (κ1) is 25.1. The van der Waals surface area contributed by atoms with Gasteiger partial charge in [-0.3, -0.25) is 9.36 Å². The maximum Gasteiger partial charge on any atom is 0.326 e. The number of benzene rings is 2. The fourth-order valence-electron chi connectivity index (χ4n) is 5.84. The third kappa shape index (κ3) is 4.74. The lowest BCUT2D eigenvalue weighted by Gasteiger charge is -2.40. The van der Waals surface area contributed by atoms with Crippen molar-refractivity contribution in [1.82, 2.24) is 14.5 Å². The van der Waals surface area contributed by atoms with Crippen LogP contribution in [-0.4, -0.2) is 46.0 Å². The number of nitrogens with one attached hydrogen (secondary N) is 1. The molecule has 8 heteroatoms. The van der Waals surface area contributed by atoms with Crippen LogP contribution < -0.4 is 10.6 Å². The minimum Gasteiger partial charge on any atom is -0.309 e. The first-order valence-electron chi connectivity index (χ1n) is 12.8. The van der Waals surface area contributed by atoms with E-state index in [4.69, 9.17) is 23.2 Å². The number of allylic oxidation sites excluding steroid dienone is 2. The monoisotopic (exact) mass is 526 g/mol. The summed E-state index contributed by atoms with van der Waals surface area (Å²) in [5.74, 6) is 0.0986. The van der Waals surface area contributed by atoms with Gasteiger partial charge < -0.3 is 14.8 Å². The van der Waals surface area contributed by atoms with E-state index in [1.54, 1.807) is 12.1 Å². The molecule has 1 amide bonds. The van der Waals surface area contributed by atoms with Gasteiger partial charge >= 0.3 is 5.69 Å². The van der Waals surface area contributed by atoms with Crippen molar-refractivity contribution in [2.75, 3.05) is 24.5 Å². The van der Waals surface area contributed by atoms with Crippen LogP contribution in [0.25, 0.3) is 11.0 Å². The van der Waals surface area contributed by atoms with Crippen LogP contribution in [0.3, 0.4) is 0 Å². The van der Waals surface area contributed by atoms with Crippen molar-refractivity contribution in [2.45, 2.75) is 57.0 Å². The molecule has 1 saturated heterocycles. The van der Waals surface area contributed by atoms with Gasteiger partial charge in [0.25, 0.3) is 0 Å². The Morgan fingerprint density at radius 1 is 1.08 bits per heavy atom. The molecule has 2 heterocycles. The highest BCUT2D eigenvalue weighted by Crippen LogP contribution is 2.37. The molecule has 0 atom stereocenters. The lowest BCUT2D eigenvalue weighted by atomic mass is 9.90. The average molecular weight is 527 g/mol. The Morgan fingerprint density at radius 3 is 2.50 bits per heavy atom. The number of amides is 1. The number of rotatable bonds is 7. The minimum absolute atomic E-state index is 0.0334. The molecule has 0 radical (unpaired) electrons. The molecule has 0 bridgehead atoms. The number of hydrogen-bond donors (Lipinski definition) is 1. The van der Waals surface area contributed by atoms with Crippen LogP contribution in [0.2, 0.25) is 10.0 Å². The molecule has 2 aromatic carbocycles. The summed E-state index contributed by atoms with van der Waals surface area (Å²) in [5.41, 5.74) is 2.40. The summed E-state index contributed by atoms with van der Waals surface area (Å²) >= 11 is 12.4. The van der Waals surface area contributed by atoms with E-state index in [9.17, 15) is 9.59 Å². The highest BCUT2D eigenvalue weighted by Gasteiger charge is 2.37. The molecule has 6 nitrogen and oxygen atoms in total. The summed E-state index contributed by atoms with van der Waals surface area (Å²) in [6.45, 7) is 4.62. The number of para-hydroxylation sites is 2. The van der Waals surface area contributed by atoms with Crippen molar-refractivity contribution in [3.8, 4) is 0 Å². The van der Waals surface area contributed by atoms with Crippen molar-refractivity contribution < 1.29 is 4.79 Å². The van der Waals surface area contributed by atoms with Crippen LogP contribution >= 0.6 is 23.2 Å². The number of aromatic nitrogens is 2. The van der Waals surface area contributed by atoms with Gasteiger partial charge in [-0.25, -0.2) is 4.79 Å². The Kier molecular flexibility index (Phi) is 7.29. The highest BCUT2D eigenvalue weighted by atomic mass is 35.5. The van der Waals surface area contributed by atoms with E-state index < -0.39 is 0 Å². The summed E-state index contributed by atoms with van der Waals surface area (Å²) in [4.78, 5) is 33.3. The molecular weight excluding hydrogens is 495 g/mol. The SMILES string of the molecule is CCC(=O)N(c1ccc(Cl)c(Cl)c1)C1CCN(CCC2(n3c(=O)[nH]c4ccccc43)CC=CC2)CC1. The first-order valence-corrected chi connectivity index (χ1v) is 13.5. The molecule has 36 heavy (non-hydrogen) atoms. The van der Waals surface area contributed by atoms with E-state index in [1.165, 1.54) is 0 Å². The van der Waals surface area contributed by atoms with Crippen molar-refractivity contribution in [2.24, 2.45) is 0 Å². The average Bonchev–Trinajstić information content (AvgIpc) is 3.49. The number of aromatic amines is 1. The quantitative estimate of drug-likeness (QED) is 0.385. The van der Waals surface area contributed by atoms with Crippen LogP contribution in [0.5, 0.6) is 0 Å². The van der Waals surface area contributed by atoms with Gasteiger partial charge in [0.15, 0.2) is 0 Å². The number of nitrogens with zero attached hydrogens (tertiary/aromatic N) is 3. The van der Waals surface area contributed by atoms with Crippen LogP contribution in [0, 0.1) is 0 Å². The number of hydrogen-bond acceptors (Lipinski definition) is 3. The third-order valence-corrected chi connectivity index (χ3v) is 8.53. The second-order valence-corrected chi connectivity index (χ2v) is 10.7. The Labute approximate surface area is 221 Å². The van der Waals surface area contributed by atoms with Gasteiger partial charge in [-0.05, 0) is 62.4 Å². The van der Waals surface area contributed by atoms with E-state index in [2.05, 4.69) is 22.0 Å². The predicted octanol–water partition coefficient (Wildman–Crippen LogP) is 5.98. The zero-order valence-corrected chi connectivity index (χ0v) is 22.1. The van der Waals surface area contributed by atoms with E-state index in [1.807, 2.05) is 46.7 Å². The number of carbonyl (C=O) groups is 1. The largest absolute Gasteiger partial charge is 0.326 e. The van der Waals surface area contributed by atoms with Crippen molar-refractivity contribution in [3.05, 3.63) is 75.1 Å². The molecule has 0 unspecified atom stereocenters. The lowest BCUT2D eigenvalue weighted by Crippen LogP contribution is -2.49. The minimum atomic E-state index is -0.238.